The first-order valence-electron chi connectivity index (χ1n) is 12.0. The first-order chi connectivity index (χ1) is 17.8. The number of carbonyl (C=O) groups is 1. The molecule has 190 valence electrons. The van der Waals surface area contributed by atoms with E-state index >= 15 is 0 Å². The molecule has 37 heavy (non-hydrogen) atoms. The van der Waals surface area contributed by atoms with E-state index in [1.807, 2.05) is 13.0 Å². The van der Waals surface area contributed by atoms with Crippen molar-refractivity contribution in [3.8, 4) is 17.3 Å². The van der Waals surface area contributed by atoms with Crippen LogP contribution < -0.4 is 16.0 Å². The van der Waals surface area contributed by atoms with Crippen molar-refractivity contribution in [1.29, 1.82) is 5.26 Å². The fourth-order valence-corrected chi connectivity index (χ4v) is 4.49. The Bertz CT molecular complexity index is 1420. The number of carbonyl (C=O) groups excluding carboxylic acids is 1. The first kappa shape index (κ1) is 24.6. The quantitative estimate of drug-likeness (QED) is 0.387. The van der Waals surface area contributed by atoms with Gasteiger partial charge in [-0.25, -0.2) is 14.4 Å². The van der Waals surface area contributed by atoms with Gasteiger partial charge in [0.2, 0.25) is 5.95 Å². The molecule has 4 N–H and O–H groups in total. The van der Waals surface area contributed by atoms with E-state index in [1.165, 1.54) is 12.1 Å². The van der Waals surface area contributed by atoms with Crippen LogP contribution in [0.3, 0.4) is 0 Å². The van der Waals surface area contributed by atoms with Crippen LogP contribution in [0.2, 0.25) is 0 Å². The number of aromatic nitrogens is 2. The number of fused-ring (bicyclic) bond motifs is 1. The van der Waals surface area contributed by atoms with E-state index in [9.17, 15) is 19.6 Å². The smallest absolute Gasteiger partial charge is 0.254 e. The maximum Gasteiger partial charge on any atom is 0.254 e. The molecule has 0 radical (unpaired) electrons. The molecule has 1 amide bonds. The van der Waals surface area contributed by atoms with Gasteiger partial charge in [0.25, 0.3) is 5.91 Å². The number of aliphatic hydroxyl groups is 1. The van der Waals surface area contributed by atoms with Crippen LogP contribution in [0.4, 0.5) is 21.7 Å². The van der Waals surface area contributed by atoms with Gasteiger partial charge in [-0.05, 0) is 48.4 Å². The van der Waals surface area contributed by atoms with E-state index < -0.39 is 17.1 Å². The van der Waals surface area contributed by atoms with Crippen molar-refractivity contribution in [2.75, 3.05) is 43.5 Å². The molecule has 2 aliphatic heterocycles. The number of nitrogens with zero attached hydrogens (tertiary/aromatic N) is 3. The molecule has 0 aliphatic carbocycles. The minimum atomic E-state index is -0.653. The standard InChI is InChI=1S/C27H27FN6O3/c1-15-5-19(25(36)31-10-16-11-37-12-16)21(28)8-23(15)34-26-30-4-3-22(33-26)17-6-18(9-29)24-20(7-17)27(2,14-35)13-32-24/h3-8,16,32,35H,10-14H2,1-2H3,(H,31,36)(H,30,33,34)/t27-/m1/s1. The SMILES string of the molecule is Cc1cc(C(=O)NCC2COC2)c(F)cc1Nc1nccc(-c2cc(C#N)c3c(c2)[C@@](C)(CO)CN3)n1. The Labute approximate surface area is 213 Å². The van der Waals surface area contributed by atoms with Crippen LogP contribution in [0.25, 0.3) is 11.3 Å². The van der Waals surface area contributed by atoms with Gasteiger partial charge < -0.3 is 25.8 Å². The minimum absolute atomic E-state index is 0.0272. The predicted molar refractivity (Wildman–Crippen MR) is 136 cm³/mol. The van der Waals surface area contributed by atoms with E-state index in [1.54, 1.807) is 25.3 Å². The number of benzene rings is 2. The third-order valence-electron chi connectivity index (χ3n) is 6.93. The molecule has 10 heteroatoms. The Kier molecular flexibility index (Phi) is 6.50. The molecule has 0 bridgehead atoms. The number of rotatable bonds is 7. The number of anilines is 3. The van der Waals surface area contributed by atoms with Crippen LogP contribution in [0, 0.1) is 30.0 Å². The highest BCUT2D eigenvalue weighted by Crippen LogP contribution is 2.41. The van der Waals surface area contributed by atoms with Gasteiger partial charge in [0.15, 0.2) is 0 Å². The average molecular weight is 503 g/mol. The zero-order chi connectivity index (χ0) is 26.2. The van der Waals surface area contributed by atoms with Gasteiger partial charge in [0.1, 0.15) is 11.9 Å². The number of halogens is 1. The zero-order valence-corrected chi connectivity index (χ0v) is 20.6. The molecular formula is C27H27FN6O3. The van der Waals surface area contributed by atoms with Crippen LogP contribution >= 0.6 is 0 Å². The number of hydrogen-bond acceptors (Lipinski definition) is 8. The molecule has 3 aromatic rings. The van der Waals surface area contributed by atoms with Crippen LogP contribution in [0.15, 0.2) is 36.5 Å². The molecule has 1 saturated heterocycles. The highest BCUT2D eigenvalue weighted by atomic mass is 19.1. The van der Waals surface area contributed by atoms with Gasteiger partial charge in [-0.3, -0.25) is 4.79 Å². The van der Waals surface area contributed by atoms with E-state index in [2.05, 4.69) is 32.0 Å². The van der Waals surface area contributed by atoms with E-state index in [0.717, 1.165) is 11.3 Å². The molecule has 9 nitrogen and oxygen atoms in total. The molecule has 2 aromatic carbocycles. The maximum absolute atomic E-state index is 14.8. The predicted octanol–water partition coefficient (Wildman–Crippen LogP) is 3.26. The third kappa shape index (κ3) is 4.71. The fraction of sp³-hybridized carbons (Fsp3) is 0.333. The second-order valence-electron chi connectivity index (χ2n) is 9.78. The number of ether oxygens (including phenoxy) is 1. The Hall–Kier alpha value is -4.07. The molecule has 0 unspecified atom stereocenters. The Morgan fingerprint density at radius 2 is 2.16 bits per heavy atom. The molecular weight excluding hydrogens is 475 g/mol. The van der Waals surface area contributed by atoms with Gasteiger partial charge in [-0.2, -0.15) is 5.26 Å². The summed E-state index contributed by atoms with van der Waals surface area (Å²) in [6.45, 7) is 5.82. The van der Waals surface area contributed by atoms with Gasteiger partial charge in [0, 0.05) is 41.9 Å². The summed E-state index contributed by atoms with van der Waals surface area (Å²) >= 11 is 0. The molecule has 1 atom stereocenters. The molecule has 0 saturated carbocycles. The monoisotopic (exact) mass is 502 g/mol. The van der Waals surface area contributed by atoms with Gasteiger partial charge >= 0.3 is 0 Å². The van der Waals surface area contributed by atoms with Gasteiger partial charge in [0.05, 0.1) is 42.3 Å². The summed E-state index contributed by atoms with van der Waals surface area (Å²) in [6, 6.07) is 10.4. The minimum Gasteiger partial charge on any atom is -0.395 e. The molecule has 3 heterocycles. The summed E-state index contributed by atoms with van der Waals surface area (Å²) < 4.78 is 19.9. The average Bonchev–Trinajstić information content (AvgIpc) is 3.21. The van der Waals surface area contributed by atoms with Crippen molar-refractivity contribution in [3.05, 3.63) is 64.6 Å². The number of nitrogens with one attached hydrogen (secondary N) is 3. The topological polar surface area (TPSA) is 132 Å². The summed E-state index contributed by atoms with van der Waals surface area (Å²) in [6.07, 6.45) is 1.57. The Morgan fingerprint density at radius 1 is 1.35 bits per heavy atom. The van der Waals surface area contributed by atoms with Crippen LogP contribution in [-0.2, 0) is 10.2 Å². The fourth-order valence-electron chi connectivity index (χ4n) is 4.49. The number of aliphatic hydroxyl groups excluding tert-OH is 1. The highest BCUT2D eigenvalue weighted by Gasteiger charge is 2.36. The molecule has 1 fully saturated rings. The van der Waals surface area contributed by atoms with Crippen molar-refractivity contribution in [2.45, 2.75) is 19.3 Å². The highest BCUT2D eigenvalue weighted by molar-refractivity contribution is 5.95. The van der Waals surface area contributed by atoms with Crippen molar-refractivity contribution >= 4 is 23.2 Å². The molecule has 0 spiro atoms. The van der Waals surface area contributed by atoms with Crippen LogP contribution in [-0.4, -0.2) is 53.9 Å². The van der Waals surface area contributed by atoms with E-state index in [0.29, 0.717) is 54.4 Å². The lowest BCUT2D eigenvalue weighted by Crippen LogP contribution is -2.39. The number of hydrogen-bond donors (Lipinski definition) is 4. The summed E-state index contributed by atoms with van der Waals surface area (Å²) in [5.74, 6) is -0.613. The van der Waals surface area contributed by atoms with Crippen molar-refractivity contribution in [1.82, 2.24) is 15.3 Å². The van der Waals surface area contributed by atoms with Crippen LogP contribution in [0.1, 0.15) is 34.0 Å². The number of amides is 1. The third-order valence-corrected chi connectivity index (χ3v) is 6.93. The maximum atomic E-state index is 14.8. The van der Waals surface area contributed by atoms with Crippen molar-refractivity contribution < 1.29 is 19.0 Å². The lowest BCUT2D eigenvalue weighted by molar-refractivity contribution is -0.0298. The molecule has 2 aliphatic rings. The summed E-state index contributed by atoms with van der Waals surface area (Å²) in [5, 5.41) is 28.7. The van der Waals surface area contributed by atoms with Crippen molar-refractivity contribution in [2.24, 2.45) is 5.92 Å². The lowest BCUT2D eigenvalue weighted by atomic mass is 9.83. The molecule has 1 aromatic heterocycles. The molecule has 5 rings (SSSR count). The largest absolute Gasteiger partial charge is 0.395 e. The van der Waals surface area contributed by atoms with Crippen molar-refractivity contribution in [3.63, 3.8) is 0 Å². The zero-order valence-electron chi connectivity index (χ0n) is 20.6. The summed E-state index contributed by atoms with van der Waals surface area (Å²) in [5.41, 5.74) is 3.87. The Morgan fingerprint density at radius 3 is 2.86 bits per heavy atom. The van der Waals surface area contributed by atoms with Gasteiger partial charge in [-0.1, -0.05) is 6.92 Å². The van der Waals surface area contributed by atoms with Gasteiger partial charge in [-0.15, -0.1) is 0 Å². The van der Waals surface area contributed by atoms with Crippen LogP contribution in [0.5, 0.6) is 0 Å². The second kappa shape index (κ2) is 9.76. The second-order valence-corrected chi connectivity index (χ2v) is 9.78. The number of aryl methyl sites for hydroxylation is 1. The summed E-state index contributed by atoms with van der Waals surface area (Å²) in [4.78, 5) is 21.3. The normalized spacial score (nSPS) is 18.4. The Balaban J connectivity index is 1.39. The lowest BCUT2D eigenvalue weighted by Gasteiger charge is -2.26. The van der Waals surface area contributed by atoms with E-state index in [-0.39, 0.29) is 24.0 Å². The first-order valence-corrected chi connectivity index (χ1v) is 12.0. The summed E-state index contributed by atoms with van der Waals surface area (Å²) in [7, 11) is 0. The number of nitriles is 1. The van der Waals surface area contributed by atoms with E-state index in [4.69, 9.17) is 4.74 Å².